The number of amides is 1. The molecule has 0 saturated heterocycles. The Morgan fingerprint density at radius 2 is 1.54 bits per heavy atom. The van der Waals surface area contributed by atoms with E-state index in [-0.39, 0.29) is 4.90 Å². The Kier molecular flexibility index (Phi) is 6.80. The lowest BCUT2D eigenvalue weighted by Crippen LogP contribution is -2.54. The molecule has 8 heteroatoms. The Morgan fingerprint density at radius 1 is 0.964 bits per heavy atom. The summed E-state index contributed by atoms with van der Waals surface area (Å²) in [6, 6.07) is 14.0. The maximum atomic E-state index is 12.6. The molecule has 0 aromatic heterocycles. The first kappa shape index (κ1) is 21.4. The van der Waals surface area contributed by atoms with Crippen LogP contribution in [0.3, 0.4) is 0 Å². The Labute approximate surface area is 165 Å². The number of esters is 1. The largest absolute Gasteiger partial charge is 0.467 e. The van der Waals surface area contributed by atoms with Crippen molar-refractivity contribution in [3.8, 4) is 0 Å². The van der Waals surface area contributed by atoms with Crippen LogP contribution in [0, 0.1) is 0 Å². The Hall–Kier alpha value is -2.87. The molecule has 0 heterocycles. The molecule has 0 saturated carbocycles. The highest BCUT2D eigenvalue weighted by Crippen LogP contribution is 2.20. The molecule has 150 valence electrons. The highest BCUT2D eigenvalue weighted by atomic mass is 32.2. The summed E-state index contributed by atoms with van der Waals surface area (Å²) in [6.07, 6.45) is 0.772. The predicted octanol–water partition coefficient (Wildman–Crippen LogP) is 2.95. The number of anilines is 1. The molecule has 0 fully saturated rings. The van der Waals surface area contributed by atoms with Gasteiger partial charge in [-0.3, -0.25) is 9.52 Å². The van der Waals surface area contributed by atoms with Crippen molar-refractivity contribution in [2.45, 2.75) is 37.1 Å². The van der Waals surface area contributed by atoms with Crippen LogP contribution in [0.2, 0.25) is 0 Å². The number of carbonyl (C=O) groups is 2. The zero-order chi connectivity index (χ0) is 20.8. The minimum absolute atomic E-state index is 0.144. The van der Waals surface area contributed by atoms with E-state index < -0.39 is 27.4 Å². The van der Waals surface area contributed by atoms with Crippen LogP contribution in [0.1, 0.15) is 37.0 Å². The smallest absolute Gasteiger partial charge is 0.331 e. The van der Waals surface area contributed by atoms with Crippen LogP contribution in [-0.2, 0) is 19.6 Å². The molecule has 2 N–H and O–H groups in total. The van der Waals surface area contributed by atoms with Gasteiger partial charge in [0.05, 0.1) is 12.0 Å². The van der Waals surface area contributed by atoms with Crippen molar-refractivity contribution in [1.29, 1.82) is 0 Å². The SMILES string of the molecule is CCC(CC)(NC(=O)c1ccc(NS(=O)(=O)c2ccccc2)cc1)C(=O)OC. The predicted molar refractivity (Wildman–Crippen MR) is 106 cm³/mol. The third kappa shape index (κ3) is 4.69. The van der Waals surface area contributed by atoms with Crippen molar-refractivity contribution in [3.05, 3.63) is 60.2 Å². The second-order valence-electron chi connectivity index (χ2n) is 6.23. The number of ether oxygens (including phenoxy) is 1. The average Bonchev–Trinajstić information content (AvgIpc) is 2.72. The van der Waals surface area contributed by atoms with Gasteiger partial charge in [-0.25, -0.2) is 13.2 Å². The van der Waals surface area contributed by atoms with Gasteiger partial charge in [0.2, 0.25) is 0 Å². The van der Waals surface area contributed by atoms with E-state index >= 15 is 0 Å². The summed E-state index contributed by atoms with van der Waals surface area (Å²) in [5.41, 5.74) is -0.470. The third-order valence-electron chi connectivity index (χ3n) is 4.59. The normalized spacial score (nSPS) is 11.5. The molecule has 28 heavy (non-hydrogen) atoms. The van der Waals surface area contributed by atoms with Crippen molar-refractivity contribution in [2.75, 3.05) is 11.8 Å². The molecule has 0 bridgehead atoms. The molecule has 1 amide bonds. The molecular formula is C20H24N2O5S. The van der Waals surface area contributed by atoms with Crippen molar-refractivity contribution in [1.82, 2.24) is 5.32 Å². The molecular weight excluding hydrogens is 380 g/mol. The quantitative estimate of drug-likeness (QED) is 0.659. The summed E-state index contributed by atoms with van der Waals surface area (Å²) in [6.45, 7) is 3.59. The van der Waals surface area contributed by atoms with E-state index in [2.05, 4.69) is 10.0 Å². The zero-order valence-corrected chi connectivity index (χ0v) is 16.9. The van der Waals surface area contributed by atoms with Gasteiger partial charge in [0, 0.05) is 11.3 Å². The first-order valence-electron chi connectivity index (χ1n) is 8.87. The van der Waals surface area contributed by atoms with Crippen LogP contribution < -0.4 is 10.0 Å². The lowest BCUT2D eigenvalue weighted by atomic mass is 9.92. The van der Waals surface area contributed by atoms with E-state index in [1.54, 1.807) is 32.0 Å². The Morgan fingerprint density at radius 3 is 2.04 bits per heavy atom. The topological polar surface area (TPSA) is 102 Å². The van der Waals surface area contributed by atoms with Gasteiger partial charge in [-0.15, -0.1) is 0 Å². The standard InChI is InChI=1S/C20H24N2O5S/c1-4-20(5-2,19(24)27-3)21-18(23)15-11-13-16(14-12-15)22-28(25,26)17-9-7-6-8-10-17/h6-14,22H,4-5H2,1-3H3,(H,21,23). The van der Waals surface area contributed by atoms with Crippen molar-refractivity contribution in [3.63, 3.8) is 0 Å². The number of benzene rings is 2. The molecule has 2 aromatic rings. The third-order valence-corrected chi connectivity index (χ3v) is 5.99. The van der Waals surface area contributed by atoms with Gasteiger partial charge in [0.1, 0.15) is 5.54 Å². The van der Waals surface area contributed by atoms with Crippen molar-refractivity contribution >= 4 is 27.6 Å². The lowest BCUT2D eigenvalue weighted by molar-refractivity contribution is -0.148. The van der Waals surface area contributed by atoms with Gasteiger partial charge >= 0.3 is 5.97 Å². The van der Waals surface area contributed by atoms with E-state index in [4.69, 9.17) is 4.74 Å². The summed E-state index contributed by atoms with van der Waals surface area (Å²) in [5.74, 6) is -0.940. The molecule has 0 aliphatic carbocycles. The molecule has 0 atom stereocenters. The van der Waals surface area contributed by atoms with Gasteiger partial charge < -0.3 is 10.1 Å². The molecule has 7 nitrogen and oxygen atoms in total. The fraction of sp³-hybridized carbons (Fsp3) is 0.300. The van der Waals surface area contributed by atoms with Crippen LogP contribution in [0.25, 0.3) is 0 Å². The maximum Gasteiger partial charge on any atom is 0.331 e. The van der Waals surface area contributed by atoms with Crippen LogP contribution >= 0.6 is 0 Å². The summed E-state index contributed by atoms with van der Waals surface area (Å²) < 4.78 is 32.0. The molecule has 0 aliphatic rings. The Bertz CT molecular complexity index is 921. The number of methoxy groups -OCH3 is 1. The highest BCUT2D eigenvalue weighted by molar-refractivity contribution is 7.92. The van der Waals surface area contributed by atoms with Crippen LogP contribution in [0.5, 0.6) is 0 Å². The molecule has 0 spiro atoms. The summed E-state index contributed by atoms with van der Waals surface area (Å²) in [4.78, 5) is 24.8. The highest BCUT2D eigenvalue weighted by Gasteiger charge is 2.37. The summed E-state index contributed by atoms with van der Waals surface area (Å²) in [5, 5.41) is 2.74. The van der Waals surface area contributed by atoms with E-state index in [0.29, 0.717) is 24.1 Å². The van der Waals surface area contributed by atoms with Crippen LogP contribution in [0.4, 0.5) is 5.69 Å². The van der Waals surface area contributed by atoms with Crippen LogP contribution in [0.15, 0.2) is 59.5 Å². The number of carbonyl (C=O) groups excluding carboxylic acids is 2. The Balaban J connectivity index is 2.16. The van der Waals surface area contributed by atoms with Gasteiger partial charge in [0.15, 0.2) is 0 Å². The van der Waals surface area contributed by atoms with Gasteiger partial charge in [-0.2, -0.15) is 0 Å². The zero-order valence-electron chi connectivity index (χ0n) is 16.1. The van der Waals surface area contributed by atoms with Crippen molar-refractivity contribution < 1.29 is 22.7 Å². The minimum atomic E-state index is -3.71. The van der Waals surface area contributed by atoms with Gasteiger partial charge in [0.25, 0.3) is 15.9 Å². The molecule has 2 aromatic carbocycles. The number of sulfonamides is 1. The van der Waals surface area contributed by atoms with Crippen molar-refractivity contribution in [2.24, 2.45) is 0 Å². The van der Waals surface area contributed by atoms with E-state index in [1.807, 2.05) is 0 Å². The first-order valence-corrected chi connectivity index (χ1v) is 10.3. The molecule has 0 radical (unpaired) electrons. The minimum Gasteiger partial charge on any atom is -0.467 e. The van der Waals surface area contributed by atoms with E-state index in [9.17, 15) is 18.0 Å². The monoisotopic (exact) mass is 404 g/mol. The molecule has 2 rings (SSSR count). The van der Waals surface area contributed by atoms with E-state index in [0.717, 1.165) is 0 Å². The maximum absolute atomic E-state index is 12.6. The fourth-order valence-corrected chi connectivity index (χ4v) is 3.83. The number of nitrogens with one attached hydrogen (secondary N) is 2. The second kappa shape index (κ2) is 8.88. The second-order valence-corrected chi connectivity index (χ2v) is 7.91. The average molecular weight is 404 g/mol. The van der Waals surface area contributed by atoms with E-state index in [1.165, 1.54) is 43.5 Å². The van der Waals surface area contributed by atoms with Gasteiger partial charge in [-0.05, 0) is 49.2 Å². The number of rotatable bonds is 8. The van der Waals surface area contributed by atoms with Gasteiger partial charge in [-0.1, -0.05) is 32.0 Å². The lowest BCUT2D eigenvalue weighted by Gasteiger charge is -2.29. The first-order chi connectivity index (χ1) is 13.3. The molecule has 0 unspecified atom stereocenters. The number of hydrogen-bond acceptors (Lipinski definition) is 5. The summed E-state index contributed by atoms with van der Waals surface area (Å²) >= 11 is 0. The fourth-order valence-electron chi connectivity index (χ4n) is 2.75. The van der Waals surface area contributed by atoms with Crippen LogP contribution in [-0.4, -0.2) is 32.9 Å². The molecule has 0 aliphatic heterocycles. The summed E-state index contributed by atoms with van der Waals surface area (Å²) in [7, 11) is -2.43. The number of hydrogen-bond donors (Lipinski definition) is 2.